The van der Waals surface area contributed by atoms with Crippen LogP contribution in [-0.2, 0) is 0 Å². The van der Waals surface area contributed by atoms with E-state index in [0.717, 1.165) is 24.2 Å². The number of anilines is 1. The van der Waals surface area contributed by atoms with Gasteiger partial charge in [0.15, 0.2) is 0 Å². The van der Waals surface area contributed by atoms with Crippen LogP contribution in [0.2, 0.25) is 0 Å². The lowest BCUT2D eigenvalue weighted by Gasteiger charge is -2.29. The number of rotatable bonds is 12. The number of fused-ring (bicyclic) bond motifs is 1. The van der Waals surface area contributed by atoms with E-state index in [4.69, 9.17) is 0 Å². The van der Waals surface area contributed by atoms with Gasteiger partial charge in [-0.15, -0.1) is 10.6 Å². The van der Waals surface area contributed by atoms with Crippen molar-refractivity contribution in [2.45, 2.75) is 77.0 Å². The molecule has 196 valence electrons. The first-order chi connectivity index (χ1) is 17.9. The van der Waals surface area contributed by atoms with Gasteiger partial charge in [-0.05, 0) is 55.2 Å². The van der Waals surface area contributed by atoms with Crippen molar-refractivity contribution in [1.82, 2.24) is 0 Å². The molecule has 2 N–H and O–H groups in total. The molecule has 6 heteroatoms. The van der Waals surface area contributed by atoms with E-state index in [1.807, 2.05) is 25.1 Å². The van der Waals surface area contributed by atoms with Crippen LogP contribution in [0, 0.1) is 29.6 Å². The molecule has 0 spiro atoms. The fraction of sp³-hybridized carbons (Fsp3) is 0.419. The highest BCUT2D eigenvalue weighted by atomic mass is 32.3. The van der Waals surface area contributed by atoms with Crippen LogP contribution in [0.5, 0.6) is 0 Å². The second kappa shape index (κ2) is 13.5. The van der Waals surface area contributed by atoms with Crippen LogP contribution in [0.25, 0.3) is 11.6 Å². The monoisotopic (exact) mass is 517 g/mol. The molecule has 0 fully saturated rings. The Balaban J connectivity index is 1.97. The Kier molecular flexibility index (Phi) is 10.4. The van der Waals surface area contributed by atoms with Crippen molar-refractivity contribution in [3.05, 3.63) is 69.6 Å². The molecule has 0 saturated carbocycles. The number of nitrogens with zero attached hydrogens (tertiary/aromatic N) is 3. The van der Waals surface area contributed by atoms with E-state index >= 15 is 0 Å². The highest BCUT2D eigenvalue weighted by Crippen LogP contribution is 2.68. The van der Waals surface area contributed by atoms with Gasteiger partial charge in [0.25, 0.3) is 0 Å². The lowest BCUT2D eigenvalue weighted by molar-refractivity contribution is 0.499. The Morgan fingerprint density at radius 1 is 0.892 bits per heavy atom. The summed E-state index contributed by atoms with van der Waals surface area (Å²) in [6.45, 7) is 8.54. The minimum Gasteiger partial charge on any atom is -0.372 e. The fourth-order valence-corrected chi connectivity index (χ4v) is 6.62. The van der Waals surface area contributed by atoms with Gasteiger partial charge in [0.2, 0.25) is 0 Å². The molecule has 1 heterocycles. The predicted molar refractivity (Wildman–Crippen MR) is 155 cm³/mol. The average molecular weight is 518 g/mol. The van der Waals surface area contributed by atoms with E-state index in [2.05, 4.69) is 30.9 Å². The maximum absolute atomic E-state index is 11.2. The molecule has 2 aromatic rings. The van der Waals surface area contributed by atoms with E-state index in [1.165, 1.54) is 57.1 Å². The molecule has 1 aliphatic heterocycles. The van der Waals surface area contributed by atoms with E-state index in [9.17, 15) is 19.6 Å². The van der Waals surface area contributed by atoms with Crippen LogP contribution >= 0.6 is 10.6 Å². The molecule has 5 nitrogen and oxygen atoms in total. The van der Waals surface area contributed by atoms with Crippen molar-refractivity contribution in [3.8, 4) is 12.1 Å². The third-order valence-corrected chi connectivity index (χ3v) is 8.86. The summed E-state index contributed by atoms with van der Waals surface area (Å²) in [5, 5.41) is 19.2. The first-order valence-electron chi connectivity index (χ1n) is 13.4. The Morgan fingerprint density at radius 2 is 1.51 bits per heavy atom. The molecule has 0 bridgehead atoms. The molecule has 0 amide bonds. The molecule has 37 heavy (non-hydrogen) atoms. The van der Waals surface area contributed by atoms with Gasteiger partial charge in [-0.25, -0.2) is 0 Å². The Bertz CT molecular complexity index is 1210. The maximum Gasteiger partial charge on any atom is 0.139 e. The summed E-state index contributed by atoms with van der Waals surface area (Å²) >= 11 is 0. The minimum atomic E-state index is -3.35. The SMILES string of the molecule is CCCCCCN(CCCCCC)c1ccc(/C=C2\C(=C(C#N)C#N)c3ccccc3S2(O)O)c(C)c1. The number of aryl methyl sites for hydroxylation is 1. The van der Waals surface area contributed by atoms with Gasteiger partial charge < -0.3 is 4.90 Å². The number of hydrogen-bond donors (Lipinski definition) is 2. The number of benzene rings is 2. The molecule has 0 saturated heterocycles. The highest BCUT2D eigenvalue weighted by Gasteiger charge is 2.38. The van der Waals surface area contributed by atoms with Gasteiger partial charge in [0.1, 0.15) is 17.7 Å². The first-order valence-corrected chi connectivity index (χ1v) is 14.9. The molecule has 1 aliphatic rings. The number of allylic oxidation sites excluding steroid dienone is 2. The van der Waals surface area contributed by atoms with Crippen molar-refractivity contribution in [3.63, 3.8) is 0 Å². The fourth-order valence-electron chi connectivity index (χ4n) is 4.85. The van der Waals surface area contributed by atoms with Gasteiger partial charge in [-0.1, -0.05) is 76.6 Å². The van der Waals surface area contributed by atoms with Crippen LogP contribution in [0.3, 0.4) is 0 Å². The number of nitriles is 2. The third kappa shape index (κ3) is 6.65. The largest absolute Gasteiger partial charge is 0.372 e. The quantitative estimate of drug-likeness (QED) is 0.217. The van der Waals surface area contributed by atoms with Crippen molar-refractivity contribution >= 4 is 27.9 Å². The molecule has 0 aliphatic carbocycles. The van der Waals surface area contributed by atoms with E-state index in [0.29, 0.717) is 16.0 Å². The number of unbranched alkanes of at least 4 members (excludes halogenated alkanes) is 6. The zero-order chi connectivity index (χ0) is 26.8. The van der Waals surface area contributed by atoms with Crippen LogP contribution in [0.15, 0.2) is 57.8 Å². The maximum atomic E-state index is 11.2. The zero-order valence-corrected chi connectivity index (χ0v) is 23.2. The van der Waals surface area contributed by atoms with Crippen molar-refractivity contribution in [2.75, 3.05) is 18.0 Å². The third-order valence-electron chi connectivity index (χ3n) is 6.96. The lowest BCUT2D eigenvalue weighted by atomic mass is 9.98. The Labute approximate surface area is 224 Å². The second-order valence-corrected chi connectivity index (χ2v) is 11.7. The van der Waals surface area contributed by atoms with Crippen LogP contribution in [-0.4, -0.2) is 22.2 Å². The molecule has 0 unspecified atom stereocenters. The van der Waals surface area contributed by atoms with Crippen molar-refractivity contribution in [2.24, 2.45) is 0 Å². The van der Waals surface area contributed by atoms with Gasteiger partial charge in [0, 0.05) is 29.9 Å². The normalized spacial score (nSPS) is 15.6. The van der Waals surface area contributed by atoms with Gasteiger partial charge in [0.05, 0.1) is 9.80 Å². The van der Waals surface area contributed by atoms with Crippen LogP contribution in [0.1, 0.15) is 81.9 Å². The highest BCUT2D eigenvalue weighted by molar-refractivity contribution is 8.28. The molecule has 0 aromatic heterocycles. The van der Waals surface area contributed by atoms with Crippen LogP contribution in [0.4, 0.5) is 5.69 Å². The summed E-state index contributed by atoms with van der Waals surface area (Å²) in [4.78, 5) is 3.07. The summed E-state index contributed by atoms with van der Waals surface area (Å²) in [5.41, 5.74) is 3.77. The summed E-state index contributed by atoms with van der Waals surface area (Å²) < 4.78 is 22.4. The Hall–Kier alpha value is -3.03. The van der Waals surface area contributed by atoms with E-state index < -0.39 is 10.6 Å². The molecular weight excluding hydrogens is 478 g/mol. The topological polar surface area (TPSA) is 91.3 Å². The standard InChI is InChI=1S/C31H39N3O2S/c1-4-6-8-12-18-34(19-13-9-7-5-2)27-17-16-25(24(3)20-27)21-30-31(26(22-32)23-33)28-14-10-11-15-29(28)37(30,35)36/h10-11,14-17,20-21,35-36H,4-9,12-13,18-19H2,1-3H3/b30-21+. The summed E-state index contributed by atoms with van der Waals surface area (Å²) in [6.07, 6.45) is 11.5. The van der Waals surface area contributed by atoms with Gasteiger partial charge in [-0.2, -0.15) is 10.5 Å². The molecule has 0 atom stereocenters. The van der Waals surface area contributed by atoms with E-state index in [1.54, 1.807) is 30.3 Å². The summed E-state index contributed by atoms with van der Waals surface area (Å²) in [7, 11) is -3.35. The second-order valence-electron chi connectivity index (χ2n) is 9.68. The zero-order valence-electron chi connectivity index (χ0n) is 22.3. The van der Waals surface area contributed by atoms with E-state index in [-0.39, 0.29) is 10.5 Å². The van der Waals surface area contributed by atoms with Crippen molar-refractivity contribution in [1.29, 1.82) is 10.5 Å². The first kappa shape index (κ1) is 28.5. The molecular formula is C31H39N3O2S. The summed E-state index contributed by atoms with van der Waals surface area (Å²) in [6, 6.07) is 17.1. The van der Waals surface area contributed by atoms with Crippen molar-refractivity contribution < 1.29 is 9.11 Å². The minimum absolute atomic E-state index is 0.115. The average Bonchev–Trinajstić information content (AvgIpc) is 3.11. The Morgan fingerprint density at radius 3 is 2.08 bits per heavy atom. The summed E-state index contributed by atoms with van der Waals surface area (Å²) in [5.74, 6) is 0. The smallest absolute Gasteiger partial charge is 0.139 e. The van der Waals surface area contributed by atoms with Gasteiger partial charge in [-0.3, -0.25) is 9.11 Å². The predicted octanol–water partition coefficient (Wildman–Crippen LogP) is 8.93. The molecule has 0 radical (unpaired) electrons. The lowest BCUT2D eigenvalue weighted by Crippen LogP contribution is -2.25. The number of hydrogen-bond acceptors (Lipinski definition) is 5. The van der Waals surface area contributed by atoms with Crippen LogP contribution < -0.4 is 4.90 Å². The molecule has 2 aromatic carbocycles. The van der Waals surface area contributed by atoms with Gasteiger partial charge >= 0.3 is 0 Å². The molecule has 3 rings (SSSR count).